The Bertz CT molecular complexity index is 2300. The minimum absolute atomic E-state index is 0.00854. The second-order valence-electron chi connectivity index (χ2n) is 18.2. The number of phenolic OH excluding ortho intramolecular Hbond substituents is 1. The molecule has 1 aliphatic rings. The van der Waals surface area contributed by atoms with Crippen molar-refractivity contribution in [2.24, 2.45) is 17.8 Å². The number of phenols is 1. The number of hydrogen-bond donors (Lipinski definition) is 9. The molecule has 0 saturated carbocycles. The molecule has 20 heteroatoms. The lowest BCUT2D eigenvalue weighted by Crippen LogP contribution is -2.57. The fourth-order valence-electron chi connectivity index (χ4n) is 7.56. The number of nitrogens with zero attached hydrogens (tertiary/aromatic N) is 1. The average Bonchev–Trinajstić information content (AvgIpc) is 3.31. The molecule has 3 rings (SSSR count). The smallest absolute Gasteiger partial charge is 0.326 e. The highest BCUT2D eigenvalue weighted by molar-refractivity contribution is 6.00. The molecule has 9 atom stereocenters. The number of carbonyl (C=O) groups excluding carboxylic acids is 7. The SMILES string of the molecule is C=C1C(=O)N[C@H](C)C(=O)N[C@@H](CC(C)C)C(=O)N[C@@H](C(=O)O)CC(=O)N[C@@H](Cc2ccc(O)cc2)C(=O)N[C@@H](/C=C/C(C)=C/[C@H](C)[C@H](Cc2ccccc2)OC)[C@H](C)C(=O)N[C@@H](C(=O)O)CCC(=O)N1C. The number of rotatable bonds is 13. The van der Waals surface area contributed by atoms with E-state index in [0.717, 1.165) is 10.5 Å². The first-order chi connectivity index (χ1) is 33.4. The van der Waals surface area contributed by atoms with Crippen LogP contribution in [-0.4, -0.2) is 130 Å². The van der Waals surface area contributed by atoms with Crippen molar-refractivity contribution in [3.63, 3.8) is 0 Å². The number of hydrogen-bond acceptors (Lipinski definition) is 11. The van der Waals surface area contributed by atoms with Gasteiger partial charge in [0.1, 0.15) is 41.7 Å². The van der Waals surface area contributed by atoms with Gasteiger partial charge in [-0.05, 0) is 62.3 Å². The third kappa shape index (κ3) is 18.8. The van der Waals surface area contributed by atoms with Crippen molar-refractivity contribution in [3.8, 4) is 5.75 Å². The number of carboxylic acids is 2. The number of amides is 7. The topological polar surface area (TPSA) is 299 Å². The molecule has 7 amide bonds. The maximum atomic E-state index is 14.4. The lowest BCUT2D eigenvalue weighted by atomic mass is 9.94. The zero-order chi connectivity index (χ0) is 53.1. The summed E-state index contributed by atoms with van der Waals surface area (Å²) in [6.45, 7) is 13.6. The van der Waals surface area contributed by atoms with Gasteiger partial charge in [0.05, 0.1) is 24.5 Å². The predicted octanol–water partition coefficient (Wildman–Crippen LogP) is 2.27. The summed E-state index contributed by atoms with van der Waals surface area (Å²) in [6.07, 6.45) is 3.53. The van der Waals surface area contributed by atoms with Crippen LogP contribution in [0.1, 0.15) is 78.4 Å². The summed E-state index contributed by atoms with van der Waals surface area (Å²) in [6, 6.07) is 6.68. The summed E-state index contributed by atoms with van der Waals surface area (Å²) in [7, 11) is 2.82. The van der Waals surface area contributed by atoms with E-state index in [1.165, 1.54) is 51.2 Å². The van der Waals surface area contributed by atoms with Crippen molar-refractivity contribution in [2.45, 2.75) is 122 Å². The van der Waals surface area contributed by atoms with Crippen LogP contribution in [0.25, 0.3) is 0 Å². The third-order valence-corrected chi connectivity index (χ3v) is 11.9. The van der Waals surface area contributed by atoms with Gasteiger partial charge in [0.2, 0.25) is 35.4 Å². The quantitative estimate of drug-likeness (QED) is 0.103. The summed E-state index contributed by atoms with van der Waals surface area (Å²) >= 11 is 0. The average molecular weight is 988 g/mol. The number of likely N-dealkylation sites (N-methyl/N-ethyl adjacent to an activating group) is 1. The van der Waals surface area contributed by atoms with Crippen molar-refractivity contribution in [2.75, 3.05) is 14.2 Å². The molecule has 9 N–H and O–H groups in total. The van der Waals surface area contributed by atoms with E-state index < -0.39 is 120 Å². The first kappa shape index (κ1) is 58.0. The van der Waals surface area contributed by atoms with Crippen LogP contribution in [0.2, 0.25) is 0 Å². The van der Waals surface area contributed by atoms with Crippen LogP contribution >= 0.6 is 0 Å². The van der Waals surface area contributed by atoms with E-state index in [0.29, 0.717) is 17.6 Å². The third-order valence-electron chi connectivity index (χ3n) is 11.9. The molecule has 20 nitrogen and oxygen atoms in total. The standard InChI is InChI=1S/C51H69N7O13/c1-28(2)23-39-48(65)57-41(51(69)70)27-43(60)53-40(25-35-16-18-36(59)19-17-35)49(66)54-37(20-15-29(3)24-30(4)42(71-9)26-34-13-11-10-12-14-34)31(5)45(62)55-38(50(67)68)21-22-44(61)58(8)33(7)47(64)52-32(6)46(63)56-39/h10-20,24,28,30-32,37-42,59H,7,21-23,25-27H2,1-6,8-9H3,(H,52,64)(H,53,60)(H,54,66)(H,55,62)(H,56,63)(H,57,65)(H,67,68)(H,69,70)/b20-15+,29-24+/t30-,31-,32+,37-,38+,39-,40-,41+,42-/m0/s1. The van der Waals surface area contributed by atoms with Crippen LogP contribution in [0.3, 0.4) is 0 Å². The summed E-state index contributed by atoms with van der Waals surface area (Å²) in [4.78, 5) is 122. The van der Waals surface area contributed by atoms with E-state index >= 15 is 0 Å². The molecule has 1 saturated heterocycles. The molecule has 386 valence electrons. The van der Waals surface area contributed by atoms with E-state index in [1.807, 2.05) is 43.3 Å². The molecule has 1 heterocycles. The Labute approximate surface area is 414 Å². The highest BCUT2D eigenvalue weighted by atomic mass is 16.5. The molecule has 0 aliphatic carbocycles. The van der Waals surface area contributed by atoms with Crippen LogP contribution in [0, 0.1) is 17.8 Å². The summed E-state index contributed by atoms with van der Waals surface area (Å²) in [5, 5.41) is 45.3. The van der Waals surface area contributed by atoms with Gasteiger partial charge >= 0.3 is 11.9 Å². The Morgan fingerprint density at radius 1 is 0.789 bits per heavy atom. The van der Waals surface area contributed by atoms with Gasteiger partial charge in [-0.1, -0.05) is 101 Å². The van der Waals surface area contributed by atoms with Crippen LogP contribution < -0.4 is 31.9 Å². The van der Waals surface area contributed by atoms with Gasteiger partial charge < -0.3 is 56.9 Å². The zero-order valence-electron chi connectivity index (χ0n) is 41.5. The molecular formula is C51H69N7O13. The van der Waals surface area contributed by atoms with E-state index in [1.54, 1.807) is 34.0 Å². The number of carbonyl (C=O) groups is 9. The number of allylic oxidation sites excluding steroid dienone is 2. The van der Waals surface area contributed by atoms with Crippen molar-refractivity contribution >= 4 is 53.3 Å². The predicted molar refractivity (Wildman–Crippen MR) is 262 cm³/mol. The molecule has 71 heavy (non-hydrogen) atoms. The minimum atomic E-state index is -1.86. The van der Waals surface area contributed by atoms with E-state index in [4.69, 9.17) is 4.74 Å². The second-order valence-corrected chi connectivity index (χ2v) is 18.2. The molecule has 2 aromatic carbocycles. The molecule has 2 aromatic rings. The van der Waals surface area contributed by atoms with Crippen molar-refractivity contribution in [1.82, 2.24) is 36.8 Å². The fourth-order valence-corrected chi connectivity index (χ4v) is 7.56. The largest absolute Gasteiger partial charge is 0.508 e. The van der Waals surface area contributed by atoms with Crippen molar-refractivity contribution in [1.29, 1.82) is 0 Å². The first-order valence-corrected chi connectivity index (χ1v) is 23.3. The van der Waals surface area contributed by atoms with Crippen LogP contribution in [-0.2, 0) is 60.7 Å². The van der Waals surface area contributed by atoms with E-state index in [2.05, 4.69) is 38.5 Å². The fraction of sp³-hybridized carbons (Fsp3) is 0.471. The lowest BCUT2D eigenvalue weighted by Gasteiger charge is -2.27. The van der Waals surface area contributed by atoms with Crippen molar-refractivity contribution < 1.29 is 63.2 Å². The number of methoxy groups -OCH3 is 1. The maximum absolute atomic E-state index is 14.4. The Hall–Kier alpha value is -7.35. The summed E-state index contributed by atoms with van der Waals surface area (Å²) < 4.78 is 5.82. The van der Waals surface area contributed by atoms with E-state index in [-0.39, 0.29) is 36.5 Å². The first-order valence-electron chi connectivity index (χ1n) is 23.3. The van der Waals surface area contributed by atoms with Gasteiger partial charge in [-0.2, -0.15) is 0 Å². The highest BCUT2D eigenvalue weighted by Gasteiger charge is 2.34. The number of carboxylic acid groups (broad SMARTS) is 2. The molecule has 0 unspecified atom stereocenters. The summed E-state index contributed by atoms with van der Waals surface area (Å²) in [5.74, 6) is -10.9. The van der Waals surface area contributed by atoms with Gasteiger partial charge in [-0.25, -0.2) is 9.59 Å². The number of aliphatic carboxylic acids is 2. The second kappa shape index (κ2) is 27.7. The number of nitrogens with one attached hydrogen (secondary N) is 6. The number of aromatic hydroxyl groups is 1. The maximum Gasteiger partial charge on any atom is 0.326 e. The molecule has 0 spiro atoms. The minimum Gasteiger partial charge on any atom is -0.508 e. The molecule has 0 bridgehead atoms. The van der Waals surface area contributed by atoms with Crippen LogP contribution in [0.5, 0.6) is 5.75 Å². The Morgan fingerprint density at radius 2 is 1.39 bits per heavy atom. The van der Waals surface area contributed by atoms with Gasteiger partial charge in [0.15, 0.2) is 0 Å². The Kier molecular flexibility index (Phi) is 22.6. The van der Waals surface area contributed by atoms with Gasteiger partial charge in [0, 0.05) is 32.9 Å². The molecule has 1 fully saturated rings. The Balaban J connectivity index is 2.12. The van der Waals surface area contributed by atoms with Gasteiger partial charge in [-0.15, -0.1) is 0 Å². The lowest BCUT2D eigenvalue weighted by molar-refractivity contribution is -0.144. The molecule has 0 radical (unpaired) electrons. The summed E-state index contributed by atoms with van der Waals surface area (Å²) in [5.41, 5.74) is 1.81. The van der Waals surface area contributed by atoms with Crippen molar-refractivity contribution in [3.05, 3.63) is 102 Å². The van der Waals surface area contributed by atoms with Gasteiger partial charge in [0.25, 0.3) is 5.91 Å². The highest BCUT2D eigenvalue weighted by Crippen LogP contribution is 2.19. The monoisotopic (exact) mass is 987 g/mol. The molecule has 0 aromatic heterocycles. The Morgan fingerprint density at radius 3 is 1.99 bits per heavy atom. The zero-order valence-corrected chi connectivity index (χ0v) is 41.5. The number of benzene rings is 2. The van der Waals surface area contributed by atoms with E-state index in [9.17, 15) is 58.5 Å². The molecular weight excluding hydrogens is 919 g/mol. The normalized spacial score (nSPS) is 24.3. The number of ether oxygens (including phenoxy) is 1. The van der Waals surface area contributed by atoms with Crippen LogP contribution in [0.4, 0.5) is 0 Å². The van der Waals surface area contributed by atoms with Gasteiger partial charge in [-0.3, -0.25) is 33.6 Å². The van der Waals surface area contributed by atoms with Crippen LogP contribution in [0.15, 0.2) is 90.7 Å². The molecule has 1 aliphatic heterocycles.